The summed E-state index contributed by atoms with van der Waals surface area (Å²) in [4.78, 5) is 4.95. The Morgan fingerprint density at radius 1 is 0.846 bits per heavy atom. The van der Waals surface area contributed by atoms with Crippen molar-refractivity contribution in [2.45, 2.75) is 6.54 Å². The van der Waals surface area contributed by atoms with Crippen LogP contribution in [-0.4, -0.2) is 35.6 Å². The van der Waals surface area contributed by atoms with Crippen LogP contribution in [-0.2, 0) is 6.54 Å². The highest BCUT2D eigenvalue weighted by Crippen LogP contribution is 2.22. The molecule has 4 rings (SSSR count). The molecule has 1 heterocycles. The Bertz CT molecular complexity index is 861. The minimum atomic E-state index is 0.628. The number of hydrogen-bond donors (Lipinski definition) is 2. The highest BCUT2D eigenvalue weighted by atomic mass is 32.2. The van der Waals surface area contributed by atoms with E-state index in [0.717, 1.165) is 38.4 Å². The molecule has 3 aromatic rings. The van der Waals surface area contributed by atoms with Gasteiger partial charge in [0.05, 0.1) is 0 Å². The molecule has 4 nitrogen and oxygen atoms in total. The monoisotopic (exact) mass is 365 g/mol. The molecule has 0 aliphatic carbocycles. The average Bonchev–Trinajstić information content (AvgIpc) is 2.69. The second-order valence-electron chi connectivity index (χ2n) is 6.68. The molecule has 0 unspecified atom stereocenters. The lowest BCUT2D eigenvalue weighted by Gasteiger charge is -2.36. The average molecular weight is 366 g/mol. The van der Waals surface area contributed by atoms with E-state index in [0.29, 0.717) is 12.2 Å². The third-order valence-corrected chi connectivity index (χ3v) is 5.32. The number of nitrogens with zero attached hydrogens (tertiary/aromatic N) is 2. The zero-order valence-corrected chi connectivity index (χ0v) is 15.5. The van der Waals surface area contributed by atoms with Crippen LogP contribution in [0.5, 0.6) is 0 Å². The molecule has 3 aromatic carbocycles. The second kappa shape index (κ2) is 7.99. The molecule has 0 aromatic heterocycles. The van der Waals surface area contributed by atoms with Crippen LogP contribution in [0, 0.1) is 0 Å². The van der Waals surface area contributed by atoms with Gasteiger partial charge in [-0.15, -0.1) is 0 Å². The van der Waals surface area contributed by atoms with Crippen LogP contribution >= 0.6 is 12.2 Å². The smallest absolute Gasteiger partial charge is 0.108 e. The van der Waals surface area contributed by atoms with Crippen molar-refractivity contribution in [1.82, 2.24) is 4.90 Å². The molecule has 0 spiro atoms. The molecule has 1 aliphatic heterocycles. The summed E-state index contributed by atoms with van der Waals surface area (Å²) in [6.07, 6.45) is 0. The predicted octanol–water partition coefficient (Wildman–Crippen LogP) is 4.70. The summed E-state index contributed by atoms with van der Waals surface area (Å²) < 4.78 is 11.7. The van der Waals surface area contributed by atoms with Gasteiger partial charge in [-0.05, 0) is 46.7 Å². The fourth-order valence-electron chi connectivity index (χ4n) is 3.55. The molecule has 1 aliphatic rings. The van der Waals surface area contributed by atoms with E-state index >= 15 is 0 Å². The number of nitrogens with one attached hydrogen (secondary N) is 1. The molecule has 0 amide bonds. The molecular formula is C21H23N3OS. The van der Waals surface area contributed by atoms with Gasteiger partial charge in [0, 0.05) is 44.1 Å². The molecule has 134 valence electrons. The Morgan fingerprint density at radius 3 is 2.31 bits per heavy atom. The van der Waals surface area contributed by atoms with Gasteiger partial charge in [-0.2, -0.15) is 0 Å². The normalized spacial score (nSPS) is 15.3. The van der Waals surface area contributed by atoms with Crippen molar-refractivity contribution in [3.8, 4) is 0 Å². The van der Waals surface area contributed by atoms with Crippen LogP contribution in [0.3, 0.4) is 0 Å². The van der Waals surface area contributed by atoms with E-state index in [-0.39, 0.29) is 0 Å². The van der Waals surface area contributed by atoms with Gasteiger partial charge in [0.25, 0.3) is 0 Å². The SMILES string of the molecule is OSNc1ccc(N2CCN(Cc3ccc4ccccc4c3)CC2)cc1. The summed E-state index contributed by atoms with van der Waals surface area (Å²) in [7, 11) is 0. The minimum Gasteiger partial charge on any atom is -0.369 e. The van der Waals surface area contributed by atoms with Gasteiger partial charge in [0.1, 0.15) is 12.2 Å². The van der Waals surface area contributed by atoms with Gasteiger partial charge in [-0.1, -0.05) is 36.4 Å². The van der Waals surface area contributed by atoms with Gasteiger partial charge in [0.15, 0.2) is 0 Å². The molecule has 1 fully saturated rings. The van der Waals surface area contributed by atoms with E-state index in [1.54, 1.807) is 0 Å². The van der Waals surface area contributed by atoms with Crippen molar-refractivity contribution in [3.63, 3.8) is 0 Å². The van der Waals surface area contributed by atoms with E-state index in [1.807, 2.05) is 12.1 Å². The topological polar surface area (TPSA) is 38.7 Å². The van der Waals surface area contributed by atoms with Crippen molar-refractivity contribution in [3.05, 3.63) is 72.3 Å². The van der Waals surface area contributed by atoms with Crippen LogP contribution in [0.4, 0.5) is 11.4 Å². The van der Waals surface area contributed by atoms with Gasteiger partial charge >= 0.3 is 0 Å². The fraction of sp³-hybridized carbons (Fsp3) is 0.238. The van der Waals surface area contributed by atoms with E-state index in [1.165, 1.54) is 22.0 Å². The van der Waals surface area contributed by atoms with Crippen molar-refractivity contribution in [1.29, 1.82) is 0 Å². The van der Waals surface area contributed by atoms with Crippen molar-refractivity contribution >= 4 is 34.4 Å². The summed E-state index contributed by atoms with van der Waals surface area (Å²) in [5, 5.41) is 2.62. The van der Waals surface area contributed by atoms with Gasteiger partial charge in [0.2, 0.25) is 0 Å². The third-order valence-electron chi connectivity index (χ3n) is 4.99. The maximum absolute atomic E-state index is 8.84. The first-order chi connectivity index (χ1) is 12.8. The standard InChI is InChI=1S/C21H23N3OS/c25-26-22-20-7-9-21(10-8-20)24-13-11-23(12-14-24)16-17-5-6-18-3-1-2-4-19(18)15-17/h1-10,15,22,25H,11-14,16H2. The molecule has 26 heavy (non-hydrogen) atoms. The maximum Gasteiger partial charge on any atom is 0.108 e. The summed E-state index contributed by atoms with van der Waals surface area (Å²) in [6.45, 7) is 5.22. The minimum absolute atomic E-state index is 0.628. The molecule has 0 bridgehead atoms. The molecular weight excluding hydrogens is 342 g/mol. The van der Waals surface area contributed by atoms with Gasteiger partial charge < -0.3 is 14.2 Å². The second-order valence-corrected chi connectivity index (χ2v) is 7.07. The van der Waals surface area contributed by atoms with E-state index in [2.05, 4.69) is 69.1 Å². The quantitative estimate of drug-likeness (QED) is 0.507. The van der Waals surface area contributed by atoms with Crippen LogP contribution in [0.1, 0.15) is 5.56 Å². The third kappa shape index (κ3) is 3.96. The van der Waals surface area contributed by atoms with Crippen LogP contribution in [0.15, 0.2) is 66.7 Å². The van der Waals surface area contributed by atoms with E-state index < -0.39 is 0 Å². The summed E-state index contributed by atoms with van der Waals surface area (Å²) in [6, 6.07) is 23.5. The zero-order chi connectivity index (χ0) is 17.8. The van der Waals surface area contributed by atoms with Crippen molar-refractivity contribution < 1.29 is 4.55 Å². The molecule has 0 saturated carbocycles. The highest BCUT2D eigenvalue weighted by Gasteiger charge is 2.17. The van der Waals surface area contributed by atoms with Crippen molar-refractivity contribution in [2.75, 3.05) is 35.8 Å². The van der Waals surface area contributed by atoms with E-state index in [9.17, 15) is 0 Å². The number of piperazine rings is 1. The summed E-state index contributed by atoms with van der Waals surface area (Å²) in [5.41, 5.74) is 3.54. The number of fused-ring (bicyclic) bond motifs is 1. The summed E-state index contributed by atoms with van der Waals surface area (Å²) in [5.74, 6) is 0. The lowest BCUT2D eigenvalue weighted by Crippen LogP contribution is -2.45. The lowest BCUT2D eigenvalue weighted by molar-refractivity contribution is 0.250. The Kier molecular flexibility index (Phi) is 5.29. The van der Waals surface area contributed by atoms with Gasteiger partial charge in [-0.25, -0.2) is 0 Å². The molecule has 5 heteroatoms. The molecule has 2 N–H and O–H groups in total. The first-order valence-corrected chi connectivity index (χ1v) is 9.71. The lowest BCUT2D eigenvalue weighted by atomic mass is 10.1. The predicted molar refractivity (Wildman–Crippen MR) is 112 cm³/mol. The van der Waals surface area contributed by atoms with Gasteiger partial charge in [-0.3, -0.25) is 4.90 Å². The Labute approximate surface area is 158 Å². The van der Waals surface area contributed by atoms with Crippen LogP contribution < -0.4 is 9.62 Å². The van der Waals surface area contributed by atoms with E-state index in [4.69, 9.17) is 4.55 Å². The highest BCUT2D eigenvalue weighted by molar-refractivity contribution is 7.95. The zero-order valence-electron chi connectivity index (χ0n) is 14.6. The fourth-order valence-corrected chi connectivity index (χ4v) is 3.79. The Balaban J connectivity index is 1.35. The number of anilines is 2. The number of benzene rings is 3. The molecule has 0 radical (unpaired) electrons. The van der Waals surface area contributed by atoms with Crippen LogP contribution in [0.25, 0.3) is 10.8 Å². The Morgan fingerprint density at radius 2 is 1.58 bits per heavy atom. The number of hydrogen-bond acceptors (Lipinski definition) is 5. The molecule has 0 atom stereocenters. The van der Waals surface area contributed by atoms with Crippen molar-refractivity contribution in [2.24, 2.45) is 0 Å². The van der Waals surface area contributed by atoms with Crippen LogP contribution in [0.2, 0.25) is 0 Å². The number of rotatable bonds is 5. The summed E-state index contributed by atoms with van der Waals surface area (Å²) >= 11 is 0.628. The Hall–Kier alpha value is -2.21. The molecule has 1 saturated heterocycles. The first kappa shape index (κ1) is 17.2. The first-order valence-electron chi connectivity index (χ1n) is 8.93. The maximum atomic E-state index is 8.84. The largest absolute Gasteiger partial charge is 0.369 e.